The molecule has 2 aromatic rings. The number of hydrogen-bond donors (Lipinski definition) is 1. The van der Waals surface area contributed by atoms with Gasteiger partial charge in [0.15, 0.2) is 0 Å². The molecule has 22 heavy (non-hydrogen) atoms. The summed E-state index contributed by atoms with van der Waals surface area (Å²) in [6.45, 7) is 7.06. The Balaban J connectivity index is 2.00. The van der Waals surface area contributed by atoms with Crippen LogP contribution in [0.2, 0.25) is 0 Å². The van der Waals surface area contributed by atoms with Gasteiger partial charge in [-0.25, -0.2) is 17.8 Å². The van der Waals surface area contributed by atoms with Gasteiger partial charge >= 0.3 is 0 Å². The van der Waals surface area contributed by atoms with Gasteiger partial charge in [-0.3, -0.25) is 0 Å². The fourth-order valence-corrected chi connectivity index (χ4v) is 3.18. The van der Waals surface area contributed by atoms with Crippen molar-refractivity contribution in [1.29, 1.82) is 0 Å². The molecule has 0 aliphatic rings. The molecule has 0 aliphatic carbocycles. The summed E-state index contributed by atoms with van der Waals surface area (Å²) in [5.74, 6) is 0. The van der Waals surface area contributed by atoms with Gasteiger partial charge in [0, 0.05) is 25.5 Å². The van der Waals surface area contributed by atoms with Crippen LogP contribution < -0.4 is 4.72 Å². The summed E-state index contributed by atoms with van der Waals surface area (Å²) in [7, 11) is -3.46. The molecule has 0 spiro atoms. The van der Waals surface area contributed by atoms with Crippen molar-refractivity contribution in [2.75, 3.05) is 26.2 Å². The number of likely N-dealkylation sites (N-methyl/N-ethyl adjacent to an activating group) is 1. The van der Waals surface area contributed by atoms with Crippen LogP contribution in [0.15, 0.2) is 47.6 Å². The summed E-state index contributed by atoms with van der Waals surface area (Å²) >= 11 is 0. The molecule has 1 heterocycles. The predicted octanol–water partition coefficient (Wildman–Crippen LogP) is 1.49. The first-order valence-corrected chi connectivity index (χ1v) is 8.87. The van der Waals surface area contributed by atoms with E-state index in [9.17, 15) is 8.42 Å². The molecule has 0 fully saturated rings. The molecule has 1 aromatic heterocycles. The zero-order valence-electron chi connectivity index (χ0n) is 12.9. The summed E-state index contributed by atoms with van der Waals surface area (Å²) in [6, 6.07) is 8.49. The normalized spacial score (nSPS) is 12.0. The van der Waals surface area contributed by atoms with Crippen LogP contribution in [0.4, 0.5) is 0 Å². The molecule has 6 nitrogen and oxygen atoms in total. The number of sulfonamides is 1. The van der Waals surface area contributed by atoms with Gasteiger partial charge in [0.05, 0.1) is 10.6 Å². The summed E-state index contributed by atoms with van der Waals surface area (Å²) in [6.07, 6.45) is 3.49. The van der Waals surface area contributed by atoms with Crippen LogP contribution in [0.5, 0.6) is 0 Å². The van der Waals surface area contributed by atoms with Gasteiger partial charge in [-0.15, -0.1) is 0 Å². The zero-order chi connectivity index (χ0) is 16.0. The predicted molar refractivity (Wildman–Crippen MR) is 86.5 cm³/mol. The SMILES string of the molecule is CCN(CC)CCNS(=O)(=O)c1ccc(-n2cccn2)cc1. The molecule has 1 aromatic carbocycles. The summed E-state index contributed by atoms with van der Waals surface area (Å²) in [5, 5.41) is 4.11. The molecule has 2 rings (SSSR count). The Bertz CT molecular complexity index is 662. The highest BCUT2D eigenvalue weighted by Crippen LogP contribution is 2.12. The third-order valence-electron chi connectivity index (χ3n) is 3.53. The average Bonchev–Trinajstić information content (AvgIpc) is 3.06. The molecule has 1 N–H and O–H groups in total. The minimum atomic E-state index is -3.46. The molecule has 120 valence electrons. The molecule has 0 atom stereocenters. The van der Waals surface area contributed by atoms with E-state index in [1.165, 1.54) is 0 Å². The van der Waals surface area contributed by atoms with E-state index in [0.717, 1.165) is 18.8 Å². The maximum absolute atomic E-state index is 12.2. The number of benzene rings is 1. The Hall–Kier alpha value is -1.70. The van der Waals surface area contributed by atoms with Gasteiger partial charge in [0.2, 0.25) is 10.0 Å². The number of rotatable bonds is 8. The van der Waals surface area contributed by atoms with Crippen molar-refractivity contribution < 1.29 is 8.42 Å². The van der Waals surface area contributed by atoms with Crippen molar-refractivity contribution >= 4 is 10.0 Å². The Morgan fingerprint density at radius 1 is 1.18 bits per heavy atom. The number of nitrogens with zero attached hydrogens (tertiary/aromatic N) is 3. The van der Waals surface area contributed by atoms with Crippen molar-refractivity contribution in [1.82, 2.24) is 19.4 Å². The fraction of sp³-hybridized carbons (Fsp3) is 0.400. The number of aromatic nitrogens is 2. The maximum Gasteiger partial charge on any atom is 0.240 e. The minimum Gasteiger partial charge on any atom is -0.303 e. The van der Waals surface area contributed by atoms with Gasteiger partial charge < -0.3 is 4.90 Å². The molecule has 0 saturated heterocycles. The third-order valence-corrected chi connectivity index (χ3v) is 5.01. The quantitative estimate of drug-likeness (QED) is 0.799. The van der Waals surface area contributed by atoms with Gasteiger partial charge in [-0.1, -0.05) is 13.8 Å². The summed E-state index contributed by atoms with van der Waals surface area (Å²) in [4.78, 5) is 2.44. The van der Waals surface area contributed by atoms with E-state index in [1.807, 2.05) is 12.3 Å². The highest BCUT2D eigenvalue weighted by Gasteiger charge is 2.13. The van der Waals surface area contributed by atoms with E-state index in [1.54, 1.807) is 35.1 Å². The Labute approximate surface area is 131 Å². The standard InChI is InChI=1S/C15H22N4O2S/c1-3-18(4-2)13-11-17-22(20,21)15-8-6-14(7-9-15)19-12-5-10-16-19/h5-10,12,17H,3-4,11,13H2,1-2H3. The molecule has 0 bridgehead atoms. The molecule has 0 aliphatic heterocycles. The molecule has 0 unspecified atom stereocenters. The van der Waals surface area contributed by atoms with Crippen molar-refractivity contribution in [3.8, 4) is 5.69 Å². The average molecular weight is 322 g/mol. The highest BCUT2D eigenvalue weighted by molar-refractivity contribution is 7.89. The van der Waals surface area contributed by atoms with Crippen LogP contribution >= 0.6 is 0 Å². The van der Waals surface area contributed by atoms with E-state index < -0.39 is 10.0 Å². The smallest absolute Gasteiger partial charge is 0.240 e. The molecule has 7 heteroatoms. The lowest BCUT2D eigenvalue weighted by Crippen LogP contribution is -2.34. The molecular formula is C15H22N4O2S. The van der Waals surface area contributed by atoms with E-state index in [2.05, 4.69) is 28.6 Å². The Morgan fingerprint density at radius 3 is 2.41 bits per heavy atom. The fourth-order valence-electron chi connectivity index (χ4n) is 2.16. The summed E-state index contributed by atoms with van der Waals surface area (Å²) in [5.41, 5.74) is 0.826. The summed E-state index contributed by atoms with van der Waals surface area (Å²) < 4.78 is 28.8. The number of hydrogen-bond acceptors (Lipinski definition) is 4. The van der Waals surface area contributed by atoms with E-state index in [0.29, 0.717) is 13.1 Å². The van der Waals surface area contributed by atoms with Crippen molar-refractivity contribution in [2.45, 2.75) is 18.7 Å². The lowest BCUT2D eigenvalue weighted by atomic mass is 10.3. The third kappa shape index (κ3) is 4.16. The van der Waals surface area contributed by atoms with E-state index in [-0.39, 0.29) is 4.90 Å². The van der Waals surface area contributed by atoms with Gasteiger partial charge in [0.25, 0.3) is 0 Å². The van der Waals surface area contributed by atoms with Crippen LogP contribution in [0.3, 0.4) is 0 Å². The second kappa shape index (κ2) is 7.53. The monoisotopic (exact) mass is 322 g/mol. The largest absolute Gasteiger partial charge is 0.303 e. The first kappa shape index (κ1) is 16.7. The zero-order valence-corrected chi connectivity index (χ0v) is 13.8. The van der Waals surface area contributed by atoms with Gasteiger partial charge in [-0.2, -0.15) is 5.10 Å². The lowest BCUT2D eigenvalue weighted by Gasteiger charge is -2.18. The Morgan fingerprint density at radius 2 is 1.86 bits per heavy atom. The number of nitrogens with one attached hydrogen (secondary N) is 1. The molecule has 0 saturated carbocycles. The topological polar surface area (TPSA) is 67.2 Å². The minimum absolute atomic E-state index is 0.267. The van der Waals surface area contributed by atoms with Crippen LogP contribution in [0.1, 0.15) is 13.8 Å². The van der Waals surface area contributed by atoms with Crippen molar-refractivity contribution in [3.05, 3.63) is 42.7 Å². The van der Waals surface area contributed by atoms with E-state index in [4.69, 9.17) is 0 Å². The van der Waals surface area contributed by atoms with E-state index >= 15 is 0 Å². The maximum atomic E-state index is 12.2. The highest BCUT2D eigenvalue weighted by atomic mass is 32.2. The van der Waals surface area contributed by atoms with Crippen LogP contribution in [-0.4, -0.2) is 49.3 Å². The molecule has 0 amide bonds. The van der Waals surface area contributed by atoms with Crippen molar-refractivity contribution in [2.24, 2.45) is 0 Å². The van der Waals surface area contributed by atoms with Gasteiger partial charge in [-0.05, 0) is 43.4 Å². The first-order valence-electron chi connectivity index (χ1n) is 7.39. The second-order valence-corrected chi connectivity index (χ2v) is 6.64. The Kier molecular flexibility index (Phi) is 5.70. The van der Waals surface area contributed by atoms with Crippen LogP contribution in [0, 0.1) is 0 Å². The van der Waals surface area contributed by atoms with Crippen LogP contribution in [0.25, 0.3) is 5.69 Å². The molecule has 0 radical (unpaired) electrons. The van der Waals surface area contributed by atoms with Gasteiger partial charge in [0.1, 0.15) is 0 Å². The van der Waals surface area contributed by atoms with Crippen molar-refractivity contribution in [3.63, 3.8) is 0 Å². The van der Waals surface area contributed by atoms with Crippen LogP contribution in [-0.2, 0) is 10.0 Å². The molecular weight excluding hydrogens is 300 g/mol. The second-order valence-electron chi connectivity index (χ2n) is 4.87. The lowest BCUT2D eigenvalue weighted by molar-refractivity contribution is 0.309. The first-order chi connectivity index (χ1) is 10.6.